The number of ether oxygens (including phenoxy) is 1. The summed E-state index contributed by atoms with van der Waals surface area (Å²) in [6, 6.07) is 13.5. The number of carboxylic acids is 1. The number of rotatable bonds is 7. The molecular formula is C25H26ClN3O6. The van der Waals surface area contributed by atoms with Crippen LogP contribution in [-0.4, -0.2) is 28.8 Å². The Labute approximate surface area is 207 Å². The van der Waals surface area contributed by atoms with Crippen molar-refractivity contribution in [3.63, 3.8) is 0 Å². The lowest BCUT2D eigenvalue weighted by atomic mass is 9.81. The van der Waals surface area contributed by atoms with Crippen LogP contribution in [0.2, 0.25) is 0 Å². The summed E-state index contributed by atoms with van der Waals surface area (Å²) < 4.78 is 10.9. The first-order valence-electron chi connectivity index (χ1n) is 11.0. The van der Waals surface area contributed by atoms with Crippen molar-refractivity contribution in [1.29, 1.82) is 5.41 Å². The molecule has 1 fully saturated rings. The van der Waals surface area contributed by atoms with Gasteiger partial charge < -0.3 is 25.3 Å². The monoisotopic (exact) mass is 499 g/mol. The lowest BCUT2D eigenvalue weighted by molar-refractivity contribution is -0.144. The lowest BCUT2D eigenvalue weighted by Gasteiger charge is -2.25. The second-order valence-corrected chi connectivity index (χ2v) is 8.40. The summed E-state index contributed by atoms with van der Waals surface area (Å²) in [6.45, 7) is 0.124. The number of benzene rings is 2. The first kappa shape index (κ1) is 25.8. The molecule has 184 valence electrons. The Kier molecular flexibility index (Phi) is 8.14. The topological polar surface area (TPSA) is 156 Å². The molecule has 0 radical (unpaired) electrons. The number of esters is 1. The molecule has 0 unspecified atom stereocenters. The van der Waals surface area contributed by atoms with E-state index in [9.17, 15) is 14.4 Å². The van der Waals surface area contributed by atoms with Gasteiger partial charge in [-0.1, -0.05) is 18.2 Å². The average Bonchev–Trinajstić information content (AvgIpc) is 3.31. The van der Waals surface area contributed by atoms with Crippen molar-refractivity contribution in [3.05, 3.63) is 65.6 Å². The molecule has 9 nitrogen and oxygen atoms in total. The van der Waals surface area contributed by atoms with Gasteiger partial charge in [0.25, 0.3) is 0 Å². The predicted molar refractivity (Wildman–Crippen MR) is 131 cm³/mol. The van der Waals surface area contributed by atoms with Crippen LogP contribution in [0.15, 0.2) is 52.9 Å². The molecule has 1 aliphatic rings. The summed E-state index contributed by atoms with van der Waals surface area (Å²) in [6.07, 6.45) is 2.08. The predicted octanol–water partition coefficient (Wildman–Crippen LogP) is 3.87. The second kappa shape index (κ2) is 11.1. The molecule has 10 heteroatoms. The summed E-state index contributed by atoms with van der Waals surface area (Å²) in [5.41, 5.74) is 6.13. The van der Waals surface area contributed by atoms with E-state index >= 15 is 0 Å². The van der Waals surface area contributed by atoms with Crippen LogP contribution < -0.4 is 15.8 Å². The zero-order chi connectivity index (χ0) is 24.2. The van der Waals surface area contributed by atoms with E-state index in [1.54, 1.807) is 42.5 Å². The number of fused-ring (bicyclic) bond motifs is 1. The number of nitrogens with two attached hydrogens (primary N) is 1. The first-order valence-corrected chi connectivity index (χ1v) is 11.0. The molecule has 0 atom stereocenters. The SMILES string of the molecule is Cl.N=C(N)c1ccc2cc(OC(=O)c3ccc(CNC(=O)C4CCC(C(=O)O)CC4)o3)ccc2c1. The van der Waals surface area contributed by atoms with E-state index in [-0.39, 0.29) is 48.3 Å². The molecule has 1 amide bonds. The van der Waals surface area contributed by atoms with Crippen LogP contribution in [0.1, 0.15) is 47.6 Å². The lowest BCUT2D eigenvalue weighted by Crippen LogP contribution is -2.34. The maximum absolute atomic E-state index is 12.5. The van der Waals surface area contributed by atoms with E-state index in [0.717, 1.165) is 10.8 Å². The Morgan fingerprint density at radius 2 is 1.66 bits per heavy atom. The van der Waals surface area contributed by atoms with E-state index in [1.807, 2.05) is 0 Å². The van der Waals surface area contributed by atoms with Crippen LogP contribution in [-0.2, 0) is 16.1 Å². The van der Waals surface area contributed by atoms with Gasteiger partial charge in [-0.2, -0.15) is 0 Å². The van der Waals surface area contributed by atoms with Crippen LogP contribution in [0, 0.1) is 17.2 Å². The van der Waals surface area contributed by atoms with Crippen molar-refractivity contribution in [1.82, 2.24) is 5.32 Å². The molecule has 0 saturated heterocycles. The van der Waals surface area contributed by atoms with E-state index in [0.29, 0.717) is 42.8 Å². The Hall–Kier alpha value is -3.85. The number of carbonyl (C=O) groups is 3. The van der Waals surface area contributed by atoms with Gasteiger partial charge in [-0.3, -0.25) is 15.0 Å². The van der Waals surface area contributed by atoms with Crippen molar-refractivity contribution < 1.29 is 28.6 Å². The Morgan fingerprint density at radius 1 is 1.00 bits per heavy atom. The number of amidine groups is 1. The van der Waals surface area contributed by atoms with Crippen molar-refractivity contribution >= 4 is 46.9 Å². The quantitative estimate of drug-likeness (QED) is 0.166. The second-order valence-electron chi connectivity index (χ2n) is 8.40. The fourth-order valence-corrected chi connectivity index (χ4v) is 4.12. The van der Waals surface area contributed by atoms with Gasteiger partial charge in [-0.25, -0.2) is 4.79 Å². The molecule has 0 spiro atoms. The van der Waals surface area contributed by atoms with Gasteiger partial charge in [0.2, 0.25) is 11.7 Å². The molecule has 4 rings (SSSR count). The molecule has 1 aromatic heterocycles. The summed E-state index contributed by atoms with van der Waals surface area (Å²) in [5.74, 6) is -1.45. The molecule has 0 aliphatic heterocycles. The largest absolute Gasteiger partial charge is 0.481 e. The highest BCUT2D eigenvalue weighted by Gasteiger charge is 2.29. The number of hydrogen-bond donors (Lipinski definition) is 4. The number of carboxylic acid groups (broad SMARTS) is 1. The minimum atomic E-state index is -0.806. The molecule has 5 N–H and O–H groups in total. The summed E-state index contributed by atoms with van der Waals surface area (Å²) in [4.78, 5) is 35.9. The minimum Gasteiger partial charge on any atom is -0.481 e. The number of furan rings is 1. The van der Waals surface area contributed by atoms with Gasteiger partial charge in [0.15, 0.2) is 0 Å². The highest BCUT2D eigenvalue weighted by molar-refractivity contribution is 5.99. The highest BCUT2D eigenvalue weighted by atomic mass is 35.5. The number of nitrogen functional groups attached to an aromatic ring is 1. The van der Waals surface area contributed by atoms with Crippen LogP contribution in [0.3, 0.4) is 0 Å². The van der Waals surface area contributed by atoms with Crippen LogP contribution in [0.5, 0.6) is 5.75 Å². The normalized spacial score (nSPS) is 17.3. The van der Waals surface area contributed by atoms with Crippen molar-refractivity contribution in [2.75, 3.05) is 0 Å². The van der Waals surface area contributed by atoms with E-state index in [2.05, 4.69) is 5.32 Å². The third-order valence-electron chi connectivity index (χ3n) is 6.08. The molecule has 0 bridgehead atoms. The van der Waals surface area contributed by atoms with Crippen LogP contribution >= 0.6 is 12.4 Å². The van der Waals surface area contributed by atoms with Crippen molar-refractivity contribution in [3.8, 4) is 5.75 Å². The highest BCUT2D eigenvalue weighted by Crippen LogP contribution is 2.29. The standard InChI is InChI=1S/C25H25N3O6.ClH/c26-22(27)18-6-5-17-12-19(8-7-16(17)11-18)34-25(32)21-10-9-20(33-21)13-28-23(29)14-1-3-15(4-2-14)24(30)31;/h5-12,14-15H,1-4,13H2,(H3,26,27)(H,28,29)(H,30,31);1H. The first-order chi connectivity index (χ1) is 16.3. The Balaban J connectivity index is 0.00000342. The van der Waals surface area contributed by atoms with E-state index in [1.165, 1.54) is 6.07 Å². The van der Waals surface area contributed by atoms with Crippen LogP contribution in [0.4, 0.5) is 0 Å². The number of halogens is 1. The Bertz CT molecular complexity index is 1260. The Morgan fingerprint density at radius 3 is 2.34 bits per heavy atom. The molecule has 2 aromatic carbocycles. The smallest absolute Gasteiger partial charge is 0.379 e. The maximum Gasteiger partial charge on any atom is 0.379 e. The molecule has 1 heterocycles. The number of aliphatic carboxylic acids is 1. The van der Waals surface area contributed by atoms with Gasteiger partial charge in [0.05, 0.1) is 12.5 Å². The van der Waals surface area contributed by atoms with Crippen LogP contribution in [0.25, 0.3) is 10.8 Å². The fraction of sp³-hybridized carbons (Fsp3) is 0.280. The minimum absolute atomic E-state index is 0. The van der Waals surface area contributed by atoms with Gasteiger partial charge >= 0.3 is 11.9 Å². The number of carbonyl (C=O) groups excluding carboxylic acids is 2. The zero-order valence-electron chi connectivity index (χ0n) is 18.8. The number of hydrogen-bond acceptors (Lipinski definition) is 6. The maximum atomic E-state index is 12.5. The third kappa shape index (κ3) is 6.19. The van der Waals surface area contributed by atoms with Gasteiger partial charge in [-0.15, -0.1) is 12.4 Å². The summed E-state index contributed by atoms with van der Waals surface area (Å²) in [5, 5.41) is 21.1. The zero-order valence-corrected chi connectivity index (χ0v) is 19.6. The van der Waals surface area contributed by atoms with Crippen molar-refractivity contribution in [2.45, 2.75) is 32.2 Å². The fourth-order valence-electron chi connectivity index (χ4n) is 4.12. The van der Waals surface area contributed by atoms with Crippen molar-refractivity contribution in [2.24, 2.45) is 17.6 Å². The molecule has 1 saturated carbocycles. The molecule has 35 heavy (non-hydrogen) atoms. The van der Waals surface area contributed by atoms with Gasteiger partial charge in [0.1, 0.15) is 17.3 Å². The molecular weight excluding hydrogens is 474 g/mol. The van der Waals surface area contributed by atoms with E-state index in [4.69, 9.17) is 25.4 Å². The van der Waals surface area contributed by atoms with Gasteiger partial charge in [0, 0.05) is 11.5 Å². The van der Waals surface area contributed by atoms with Gasteiger partial charge in [-0.05, 0) is 66.8 Å². The molecule has 3 aromatic rings. The summed E-state index contributed by atoms with van der Waals surface area (Å²) in [7, 11) is 0. The number of nitrogens with one attached hydrogen (secondary N) is 2. The van der Waals surface area contributed by atoms with E-state index < -0.39 is 11.9 Å². The average molecular weight is 500 g/mol. The third-order valence-corrected chi connectivity index (χ3v) is 6.08. The molecule has 1 aliphatic carbocycles. The summed E-state index contributed by atoms with van der Waals surface area (Å²) >= 11 is 0. The number of amides is 1.